The highest BCUT2D eigenvalue weighted by Crippen LogP contribution is 2.36. The number of amides is 1. The molecule has 0 saturated carbocycles. The molecule has 9 nitrogen and oxygen atoms in total. The molecular formula is C26H23N3O6. The predicted molar refractivity (Wildman–Crippen MR) is 129 cm³/mol. The van der Waals surface area contributed by atoms with Crippen molar-refractivity contribution < 1.29 is 23.9 Å². The highest BCUT2D eigenvalue weighted by atomic mass is 16.6. The second-order valence-corrected chi connectivity index (χ2v) is 7.29. The maximum Gasteiger partial charge on any atom is 0.280 e. The standard InChI is InChI=1S/C26H23N3O6/c1-33-22-10-8-18(9-11-22)16-28-26(30)21(15-27)12-20-13-24(34-2)25(14-23(20)29(31)32)35-17-19-6-4-3-5-7-19/h3-14H,16-17H2,1-2H3,(H,28,30)/b21-12-. The quantitative estimate of drug-likeness (QED) is 0.200. The van der Waals surface area contributed by atoms with Crippen LogP contribution in [-0.4, -0.2) is 25.1 Å². The molecule has 0 atom stereocenters. The van der Waals surface area contributed by atoms with Crippen molar-refractivity contribution in [3.8, 4) is 23.3 Å². The Kier molecular flexibility index (Phi) is 8.40. The third-order valence-corrected chi connectivity index (χ3v) is 5.02. The van der Waals surface area contributed by atoms with Crippen molar-refractivity contribution in [3.63, 3.8) is 0 Å². The van der Waals surface area contributed by atoms with Gasteiger partial charge in [-0.3, -0.25) is 14.9 Å². The number of hydrogen-bond donors (Lipinski definition) is 1. The van der Waals surface area contributed by atoms with Gasteiger partial charge in [0.15, 0.2) is 11.5 Å². The Morgan fingerprint density at radius 2 is 1.74 bits per heavy atom. The molecule has 178 valence electrons. The van der Waals surface area contributed by atoms with E-state index < -0.39 is 10.8 Å². The Labute approximate surface area is 202 Å². The Hall–Kier alpha value is -4.84. The number of hydrogen-bond acceptors (Lipinski definition) is 7. The smallest absolute Gasteiger partial charge is 0.280 e. The summed E-state index contributed by atoms with van der Waals surface area (Å²) in [6.07, 6.45) is 1.16. The number of nitrogens with zero attached hydrogens (tertiary/aromatic N) is 2. The number of methoxy groups -OCH3 is 2. The number of ether oxygens (including phenoxy) is 3. The molecule has 0 spiro atoms. The Morgan fingerprint density at radius 1 is 1.03 bits per heavy atom. The number of benzene rings is 3. The van der Waals surface area contributed by atoms with Crippen molar-refractivity contribution in [2.45, 2.75) is 13.2 Å². The number of carbonyl (C=O) groups is 1. The maximum atomic E-state index is 12.6. The predicted octanol–water partition coefficient (Wildman–Crippen LogP) is 4.41. The molecule has 3 aromatic carbocycles. The summed E-state index contributed by atoms with van der Waals surface area (Å²) in [6, 6.07) is 20.8. The molecule has 3 aromatic rings. The SMILES string of the molecule is COc1ccc(CNC(=O)/C(C#N)=C\c2cc(OC)c(OCc3ccccc3)cc2[N+](=O)[O-])cc1. The summed E-state index contributed by atoms with van der Waals surface area (Å²) in [6.45, 7) is 0.347. The van der Waals surface area contributed by atoms with Crippen LogP contribution < -0.4 is 19.5 Å². The van der Waals surface area contributed by atoms with Crippen LogP contribution >= 0.6 is 0 Å². The summed E-state index contributed by atoms with van der Waals surface area (Å²) >= 11 is 0. The van der Waals surface area contributed by atoms with Crippen LogP contribution in [0.15, 0.2) is 72.3 Å². The zero-order chi connectivity index (χ0) is 25.2. The van der Waals surface area contributed by atoms with E-state index in [2.05, 4.69) is 5.32 Å². The van der Waals surface area contributed by atoms with Crippen molar-refractivity contribution in [2.24, 2.45) is 0 Å². The zero-order valence-corrected chi connectivity index (χ0v) is 19.2. The van der Waals surface area contributed by atoms with E-state index in [0.717, 1.165) is 17.2 Å². The lowest BCUT2D eigenvalue weighted by atomic mass is 10.1. The topological polar surface area (TPSA) is 124 Å². The summed E-state index contributed by atoms with van der Waals surface area (Å²) in [5.41, 5.74) is 1.09. The molecule has 0 fully saturated rings. The first-order chi connectivity index (χ1) is 16.9. The Bertz CT molecular complexity index is 1260. The molecule has 0 bridgehead atoms. The molecule has 0 aromatic heterocycles. The molecule has 0 aliphatic carbocycles. The fourth-order valence-electron chi connectivity index (χ4n) is 3.17. The van der Waals surface area contributed by atoms with Gasteiger partial charge in [-0.15, -0.1) is 0 Å². The summed E-state index contributed by atoms with van der Waals surface area (Å²) in [5, 5.41) is 23.9. The van der Waals surface area contributed by atoms with Gasteiger partial charge in [-0.05, 0) is 35.4 Å². The Balaban J connectivity index is 1.83. The second-order valence-electron chi connectivity index (χ2n) is 7.29. The highest BCUT2D eigenvalue weighted by Gasteiger charge is 2.21. The molecule has 3 rings (SSSR count). The molecule has 1 N–H and O–H groups in total. The molecule has 9 heteroatoms. The fourth-order valence-corrected chi connectivity index (χ4v) is 3.17. The molecular weight excluding hydrogens is 450 g/mol. The van der Waals surface area contributed by atoms with Crippen molar-refractivity contribution in [3.05, 3.63) is 99.1 Å². The van der Waals surface area contributed by atoms with Crippen LogP contribution in [0.25, 0.3) is 6.08 Å². The van der Waals surface area contributed by atoms with Gasteiger partial charge in [0.2, 0.25) is 0 Å². The van der Waals surface area contributed by atoms with Crippen LogP contribution in [0.1, 0.15) is 16.7 Å². The van der Waals surface area contributed by atoms with E-state index in [4.69, 9.17) is 14.2 Å². The van der Waals surface area contributed by atoms with Crippen LogP contribution in [0.5, 0.6) is 17.2 Å². The van der Waals surface area contributed by atoms with E-state index >= 15 is 0 Å². The second kappa shape index (κ2) is 11.9. The van der Waals surface area contributed by atoms with E-state index in [1.54, 1.807) is 37.4 Å². The lowest BCUT2D eigenvalue weighted by Crippen LogP contribution is -2.24. The van der Waals surface area contributed by atoms with Crippen LogP contribution in [0, 0.1) is 21.4 Å². The lowest BCUT2D eigenvalue weighted by molar-refractivity contribution is -0.385. The van der Waals surface area contributed by atoms with E-state index in [1.807, 2.05) is 30.3 Å². The third kappa shape index (κ3) is 6.58. The van der Waals surface area contributed by atoms with E-state index in [1.165, 1.54) is 19.2 Å². The van der Waals surface area contributed by atoms with Crippen LogP contribution in [0.3, 0.4) is 0 Å². The normalized spacial score (nSPS) is 10.7. The van der Waals surface area contributed by atoms with Gasteiger partial charge < -0.3 is 19.5 Å². The first kappa shape index (κ1) is 24.8. The molecule has 1 amide bonds. The number of nitrogens with one attached hydrogen (secondary N) is 1. The minimum absolute atomic E-state index is 0.0371. The summed E-state index contributed by atoms with van der Waals surface area (Å²) < 4.78 is 16.2. The molecule has 0 saturated heterocycles. The molecule has 0 aliphatic heterocycles. The zero-order valence-electron chi connectivity index (χ0n) is 19.2. The maximum absolute atomic E-state index is 12.6. The van der Waals surface area contributed by atoms with Crippen molar-refractivity contribution in [1.82, 2.24) is 5.32 Å². The minimum atomic E-state index is -0.666. The van der Waals surface area contributed by atoms with Gasteiger partial charge in [-0.1, -0.05) is 42.5 Å². The number of nitriles is 1. The van der Waals surface area contributed by atoms with Gasteiger partial charge in [-0.25, -0.2) is 0 Å². The molecule has 35 heavy (non-hydrogen) atoms. The highest BCUT2D eigenvalue weighted by molar-refractivity contribution is 6.02. The largest absolute Gasteiger partial charge is 0.497 e. The van der Waals surface area contributed by atoms with E-state index in [9.17, 15) is 20.2 Å². The van der Waals surface area contributed by atoms with Crippen LogP contribution in [-0.2, 0) is 17.9 Å². The van der Waals surface area contributed by atoms with Gasteiger partial charge in [-0.2, -0.15) is 5.26 Å². The number of rotatable bonds is 10. The monoisotopic (exact) mass is 473 g/mol. The number of carbonyl (C=O) groups excluding carboxylic acids is 1. The van der Waals surface area contributed by atoms with Gasteiger partial charge in [0.1, 0.15) is 24.0 Å². The average molecular weight is 473 g/mol. The van der Waals surface area contributed by atoms with E-state index in [-0.39, 0.29) is 41.5 Å². The molecule has 0 unspecified atom stereocenters. The van der Waals surface area contributed by atoms with Crippen molar-refractivity contribution >= 4 is 17.7 Å². The van der Waals surface area contributed by atoms with Crippen molar-refractivity contribution in [2.75, 3.05) is 14.2 Å². The van der Waals surface area contributed by atoms with E-state index in [0.29, 0.717) is 5.75 Å². The van der Waals surface area contributed by atoms with Gasteiger partial charge >= 0.3 is 0 Å². The fraction of sp³-hybridized carbons (Fsp3) is 0.154. The van der Waals surface area contributed by atoms with Crippen LogP contribution in [0.2, 0.25) is 0 Å². The molecule has 0 radical (unpaired) electrons. The lowest BCUT2D eigenvalue weighted by Gasteiger charge is -2.12. The first-order valence-electron chi connectivity index (χ1n) is 10.5. The summed E-state index contributed by atoms with van der Waals surface area (Å²) in [4.78, 5) is 23.7. The first-order valence-corrected chi connectivity index (χ1v) is 10.5. The third-order valence-electron chi connectivity index (χ3n) is 5.02. The average Bonchev–Trinajstić information content (AvgIpc) is 2.89. The summed E-state index contributed by atoms with van der Waals surface area (Å²) in [5.74, 6) is 0.410. The van der Waals surface area contributed by atoms with Gasteiger partial charge in [0.25, 0.3) is 11.6 Å². The minimum Gasteiger partial charge on any atom is -0.497 e. The molecule has 0 heterocycles. The molecule has 0 aliphatic rings. The summed E-state index contributed by atoms with van der Waals surface area (Å²) in [7, 11) is 2.95. The van der Waals surface area contributed by atoms with Gasteiger partial charge in [0.05, 0.1) is 30.8 Å². The van der Waals surface area contributed by atoms with Crippen molar-refractivity contribution in [1.29, 1.82) is 5.26 Å². The van der Waals surface area contributed by atoms with Crippen LogP contribution in [0.4, 0.5) is 5.69 Å². The number of nitro groups is 1. The number of nitro benzene ring substituents is 1. The Morgan fingerprint density at radius 3 is 2.34 bits per heavy atom. The van der Waals surface area contributed by atoms with Gasteiger partial charge in [0, 0.05) is 6.54 Å².